The van der Waals surface area contributed by atoms with Crippen LogP contribution in [0.5, 0.6) is 0 Å². The van der Waals surface area contributed by atoms with Crippen molar-refractivity contribution in [2.45, 2.75) is 0 Å². The summed E-state index contributed by atoms with van der Waals surface area (Å²) in [5.41, 5.74) is 0.233. The van der Waals surface area contributed by atoms with Crippen molar-refractivity contribution in [3.8, 4) is 11.3 Å². The highest BCUT2D eigenvalue weighted by Gasteiger charge is 2.18. The summed E-state index contributed by atoms with van der Waals surface area (Å²) in [6, 6.07) is 6.08. The first-order valence-corrected chi connectivity index (χ1v) is 6.53. The number of aromatic amines is 2. The van der Waals surface area contributed by atoms with Gasteiger partial charge in [0, 0.05) is 10.6 Å². The lowest BCUT2D eigenvalue weighted by molar-refractivity contribution is 0.0699. The van der Waals surface area contributed by atoms with E-state index in [1.54, 1.807) is 18.2 Å². The van der Waals surface area contributed by atoms with Crippen molar-refractivity contribution in [1.82, 2.24) is 15.2 Å². The maximum atomic E-state index is 11.6. The number of fused-ring (bicyclic) bond motifs is 1. The van der Waals surface area contributed by atoms with Gasteiger partial charge in [-0.2, -0.15) is 0 Å². The van der Waals surface area contributed by atoms with Crippen molar-refractivity contribution in [3.05, 3.63) is 50.2 Å². The second-order valence-electron chi connectivity index (χ2n) is 4.29. The molecule has 0 atom stereocenters. The van der Waals surface area contributed by atoms with Crippen molar-refractivity contribution in [1.29, 1.82) is 0 Å². The van der Waals surface area contributed by atoms with Crippen LogP contribution in [-0.4, -0.2) is 26.3 Å². The minimum absolute atomic E-state index is 0.00981. The fourth-order valence-corrected chi connectivity index (χ4v) is 2.43. The zero-order chi connectivity index (χ0) is 15.1. The summed E-state index contributed by atoms with van der Waals surface area (Å²) in [6.45, 7) is 0. The van der Waals surface area contributed by atoms with Gasteiger partial charge in [0.25, 0.3) is 5.56 Å². The summed E-state index contributed by atoms with van der Waals surface area (Å²) in [4.78, 5) is 27.2. The highest BCUT2D eigenvalue weighted by molar-refractivity contribution is 6.35. The number of aromatic nitrogens is 3. The Hall–Kier alpha value is -2.31. The number of rotatable bonds is 2. The number of pyridine rings is 1. The van der Waals surface area contributed by atoms with E-state index in [0.717, 1.165) is 0 Å². The molecule has 3 rings (SSSR count). The molecule has 1 aromatic carbocycles. The van der Waals surface area contributed by atoms with E-state index in [9.17, 15) is 14.7 Å². The van der Waals surface area contributed by atoms with Crippen molar-refractivity contribution in [3.63, 3.8) is 0 Å². The van der Waals surface area contributed by atoms with Gasteiger partial charge in [-0.3, -0.25) is 15.0 Å². The SMILES string of the molecule is O=C(O)c1cc(-c2cc(Cl)ccc2Cl)nc2[nH][nH]c(=O)c12. The topological polar surface area (TPSA) is 98.8 Å². The largest absolute Gasteiger partial charge is 0.478 e. The molecule has 0 fully saturated rings. The van der Waals surface area contributed by atoms with Crippen LogP contribution in [0, 0.1) is 0 Å². The summed E-state index contributed by atoms with van der Waals surface area (Å²) < 4.78 is 0. The molecule has 0 saturated heterocycles. The molecular weight excluding hydrogens is 317 g/mol. The molecule has 0 bridgehead atoms. The van der Waals surface area contributed by atoms with Gasteiger partial charge in [0.2, 0.25) is 0 Å². The molecule has 0 radical (unpaired) electrons. The monoisotopic (exact) mass is 323 g/mol. The summed E-state index contributed by atoms with van der Waals surface area (Å²) in [7, 11) is 0. The first-order valence-electron chi connectivity index (χ1n) is 5.77. The Morgan fingerprint density at radius 2 is 1.95 bits per heavy atom. The van der Waals surface area contributed by atoms with E-state index < -0.39 is 11.5 Å². The molecule has 2 aromatic heterocycles. The Labute approximate surface area is 127 Å². The van der Waals surface area contributed by atoms with Gasteiger partial charge < -0.3 is 5.11 Å². The van der Waals surface area contributed by atoms with Crippen molar-refractivity contribution in [2.24, 2.45) is 0 Å². The van der Waals surface area contributed by atoms with Gasteiger partial charge in [0.1, 0.15) is 0 Å². The van der Waals surface area contributed by atoms with Gasteiger partial charge in [0.15, 0.2) is 5.65 Å². The maximum absolute atomic E-state index is 11.6. The number of hydrogen-bond donors (Lipinski definition) is 3. The molecule has 0 aliphatic carbocycles. The predicted octanol–water partition coefficient (Wildman–Crippen LogP) is 2.92. The van der Waals surface area contributed by atoms with Crippen molar-refractivity contribution >= 4 is 40.2 Å². The predicted molar refractivity (Wildman–Crippen MR) is 79.1 cm³/mol. The van der Waals surface area contributed by atoms with Crippen molar-refractivity contribution < 1.29 is 9.90 Å². The van der Waals surface area contributed by atoms with E-state index in [1.165, 1.54) is 6.07 Å². The highest BCUT2D eigenvalue weighted by atomic mass is 35.5. The molecule has 3 N–H and O–H groups in total. The minimum Gasteiger partial charge on any atom is -0.478 e. The number of aromatic carboxylic acids is 1. The third kappa shape index (κ3) is 2.28. The number of hydrogen-bond acceptors (Lipinski definition) is 3. The molecule has 0 amide bonds. The molecule has 0 saturated carbocycles. The summed E-state index contributed by atoms with van der Waals surface area (Å²) in [5, 5.41) is 14.9. The average molecular weight is 324 g/mol. The minimum atomic E-state index is -1.23. The maximum Gasteiger partial charge on any atom is 0.336 e. The van der Waals surface area contributed by atoms with Crippen LogP contribution in [0.25, 0.3) is 22.3 Å². The number of carboxylic acid groups (broad SMARTS) is 1. The Bertz CT molecular complexity index is 930. The smallest absolute Gasteiger partial charge is 0.336 e. The number of carbonyl (C=O) groups is 1. The second kappa shape index (κ2) is 4.91. The number of benzene rings is 1. The Kier molecular flexibility index (Phi) is 3.19. The molecule has 3 aromatic rings. The summed E-state index contributed by atoms with van der Waals surface area (Å²) in [5.74, 6) is -1.23. The van der Waals surface area contributed by atoms with E-state index in [0.29, 0.717) is 21.3 Å². The molecule has 0 unspecified atom stereocenters. The van der Waals surface area contributed by atoms with Crippen LogP contribution in [-0.2, 0) is 0 Å². The lowest BCUT2D eigenvalue weighted by Crippen LogP contribution is -2.06. The lowest BCUT2D eigenvalue weighted by Gasteiger charge is -2.06. The first-order chi connectivity index (χ1) is 9.97. The number of nitrogens with one attached hydrogen (secondary N) is 2. The van der Waals surface area contributed by atoms with Crippen LogP contribution in [0.2, 0.25) is 10.0 Å². The quantitative estimate of drug-likeness (QED) is 0.675. The Morgan fingerprint density at radius 1 is 1.19 bits per heavy atom. The van der Waals surface area contributed by atoms with E-state index in [4.69, 9.17) is 23.2 Å². The van der Waals surface area contributed by atoms with E-state index in [1.807, 2.05) is 0 Å². The van der Waals surface area contributed by atoms with Crippen LogP contribution in [0.4, 0.5) is 0 Å². The number of carboxylic acids is 1. The Balaban J connectivity index is 2.37. The first kappa shape index (κ1) is 13.7. The molecule has 21 heavy (non-hydrogen) atoms. The molecule has 2 heterocycles. The van der Waals surface area contributed by atoms with E-state index >= 15 is 0 Å². The average Bonchev–Trinajstić information content (AvgIpc) is 2.82. The van der Waals surface area contributed by atoms with Crippen LogP contribution in [0.3, 0.4) is 0 Å². The van der Waals surface area contributed by atoms with E-state index in [2.05, 4.69) is 15.2 Å². The molecule has 8 heteroatoms. The fourth-order valence-electron chi connectivity index (χ4n) is 2.04. The zero-order valence-corrected chi connectivity index (χ0v) is 11.8. The van der Waals surface area contributed by atoms with Gasteiger partial charge in [-0.1, -0.05) is 23.2 Å². The zero-order valence-electron chi connectivity index (χ0n) is 10.3. The second-order valence-corrected chi connectivity index (χ2v) is 5.13. The van der Waals surface area contributed by atoms with Crippen molar-refractivity contribution in [2.75, 3.05) is 0 Å². The highest BCUT2D eigenvalue weighted by Crippen LogP contribution is 2.31. The summed E-state index contributed by atoms with van der Waals surface area (Å²) >= 11 is 12.0. The van der Waals surface area contributed by atoms with Crippen LogP contribution in [0.1, 0.15) is 10.4 Å². The van der Waals surface area contributed by atoms with Gasteiger partial charge in [0.05, 0.1) is 21.7 Å². The summed E-state index contributed by atoms with van der Waals surface area (Å²) in [6.07, 6.45) is 0. The van der Waals surface area contributed by atoms with Gasteiger partial charge in [-0.25, -0.2) is 9.78 Å². The molecular formula is C13H7Cl2N3O3. The van der Waals surface area contributed by atoms with Gasteiger partial charge in [-0.15, -0.1) is 0 Å². The fraction of sp³-hybridized carbons (Fsp3) is 0. The van der Waals surface area contributed by atoms with Crippen LogP contribution < -0.4 is 5.56 Å². The molecule has 106 valence electrons. The molecule has 0 aliphatic rings. The standard InChI is InChI=1S/C13H7Cl2N3O3/c14-5-1-2-8(15)6(3-5)9-4-7(13(20)21)10-11(16-9)17-18-12(10)19/h1-4H,(H,20,21)(H2,16,17,18,19). The molecule has 0 spiro atoms. The third-order valence-electron chi connectivity index (χ3n) is 2.98. The third-order valence-corrected chi connectivity index (χ3v) is 3.54. The van der Waals surface area contributed by atoms with Gasteiger partial charge in [-0.05, 0) is 24.3 Å². The molecule has 6 nitrogen and oxygen atoms in total. The number of H-pyrrole nitrogens is 2. The van der Waals surface area contributed by atoms with Crippen LogP contribution in [0.15, 0.2) is 29.1 Å². The normalized spacial score (nSPS) is 11.0. The van der Waals surface area contributed by atoms with E-state index in [-0.39, 0.29) is 16.6 Å². The Morgan fingerprint density at radius 3 is 2.67 bits per heavy atom. The number of halogens is 2. The van der Waals surface area contributed by atoms with Crippen LogP contribution >= 0.6 is 23.2 Å². The number of nitrogens with zero attached hydrogens (tertiary/aromatic N) is 1. The molecule has 0 aliphatic heterocycles. The lowest BCUT2D eigenvalue weighted by atomic mass is 10.1. The van der Waals surface area contributed by atoms with Gasteiger partial charge >= 0.3 is 5.97 Å².